The minimum absolute atomic E-state index is 0.243. The highest BCUT2D eigenvalue weighted by Crippen LogP contribution is 2.21. The van der Waals surface area contributed by atoms with Crippen LogP contribution >= 0.6 is 0 Å². The van der Waals surface area contributed by atoms with E-state index in [0.29, 0.717) is 11.9 Å². The number of piperidine rings is 2. The summed E-state index contributed by atoms with van der Waals surface area (Å²) >= 11 is 0. The summed E-state index contributed by atoms with van der Waals surface area (Å²) in [5.74, 6) is 1.32. The first-order valence-electron chi connectivity index (χ1n) is 9.84. The first kappa shape index (κ1) is 18.7. The average Bonchev–Trinajstić information content (AvgIpc) is 2.55. The van der Waals surface area contributed by atoms with Gasteiger partial charge in [0.2, 0.25) is 5.91 Å². The lowest BCUT2D eigenvalue weighted by atomic mass is 9.93. The van der Waals surface area contributed by atoms with E-state index >= 15 is 0 Å². The smallest absolute Gasteiger partial charge is 0.223 e. The predicted octanol–water partition coefficient (Wildman–Crippen LogP) is 2.74. The topological polar surface area (TPSA) is 35.6 Å². The third-order valence-corrected chi connectivity index (χ3v) is 5.63. The number of hydrogen-bond acceptors (Lipinski definition) is 3. The molecular formula is C19H37N3O. The molecule has 1 N–H and O–H groups in total. The molecule has 0 aromatic heterocycles. The van der Waals surface area contributed by atoms with Crippen LogP contribution in [0, 0.1) is 11.8 Å². The van der Waals surface area contributed by atoms with Crippen LogP contribution in [0.2, 0.25) is 0 Å². The Labute approximate surface area is 143 Å². The van der Waals surface area contributed by atoms with Crippen molar-refractivity contribution < 1.29 is 4.79 Å². The Balaban J connectivity index is 1.61. The van der Waals surface area contributed by atoms with Gasteiger partial charge in [-0.15, -0.1) is 0 Å². The summed E-state index contributed by atoms with van der Waals surface area (Å²) in [7, 11) is 0. The van der Waals surface area contributed by atoms with Gasteiger partial charge in [-0.3, -0.25) is 4.79 Å². The maximum absolute atomic E-state index is 12.3. The fourth-order valence-corrected chi connectivity index (χ4v) is 4.13. The molecule has 1 amide bonds. The van der Waals surface area contributed by atoms with Gasteiger partial charge in [0.15, 0.2) is 0 Å². The Kier molecular flexibility index (Phi) is 7.84. The predicted molar refractivity (Wildman–Crippen MR) is 96.5 cm³/mol. The number of nitrogens with one attached hydrogen (secondary N) is 1. The highest BCUT2D eigenvalue weighted by atomic mass is 16.1. The molecule has 1 atom stereocenters. The Morgan fingerprint density at radius 2 is 1.91 bits per heavy atom. The van der Waals surface area contributed by atoms with E-state index in [1.54, 1.807) is 0 Å². The molecule has 0 aromatic rings. The van der Waals surface area contributed by atoms with Gasteiger partial charge in [0, 0.05) is 25.0 Å². The van der Waals surface area contributed by atoms with Gasteiger partial charge in [-0.2, -0.15) is 0 Å². The summed E-state index contributed by atoms with van der Waals surface area (Å²) in [5, 5.41) is 3.21. The quantitative estimate of drug-likeness (QED) is 0.782. The van der Waals surface area contributed by atoms with Gasteiger partial charge in [0.25, 0.3) is 0 Å². The second kappa shape index (κ2) is 9.63. The standard InChI is InChI=1S/C19H37N3O/c1-4-11-21-12-5-6-17(15-21)7-10-20-19(23)18-8-13-22(14-9-18)16(2)3/h16-18H,4-15H2,1-3H3,(H,20,23). The van der Waals surface area contributed by atoms with Gasteiger partial charge in [-0.05, 0) is 84.5 Å². The first-order chi connectivity index (χ1) is 11.1. The number of hydrogen-bond donors (Lipinski definition) is 1. The lowest BCUT2D eigenvalue weighted by molar-refractivity contribution is -0.126. The largest absolute Gasteiger partial charge is 0.356 e. The molecule has 23 heavy (non-hydrogen) atoms. The molecule has 0 saturated carbocycles. The average molecular weight is 324 g/mol. The van der Waals surface area contributed by atoms with Crippen LogP contribution in [0.5, 0.6) is 0 Å². The van der Waals surface area contributed by atoms with E-state index in [9.17, 15) is 4.79 Å². The molecule has 0 radical (unpaired) electrons. The molecular weight excluding hydrogens is 286 g/mol. The van der Waals surface area contributed by atoms with Gasteiger partial charge in [-0.1, -0.05) is 6.92 Å². The molecule has 2 heterocycles. The number of likely N-dealkylation sites (tertiary alicyclic amines) is 2. The number of carbonyl (C=O) groups is 1. The Morgan fingerprint density at radius 1 is 1.17 bits per heavy atom. The van der Waals surface area contributed by atoms with E-state index in [1.807, 2.05) is 0 Å². The number of nitrogens with zero attached hydrogens (tertiary/aromatic N) is 2. The van der Waals surface area contributed by atoms with Crippen molar-refractivity contribution >= 4 is 5.91 Å². The summed E-state index contributed by atoms with van der Waals surface area (Å²) in [4.78, 5) is 17.4. The van der Waals surface area contributed by atoms with Gasteiger partial charge in [-0.25, -0.2) is 0 Å². The fourth-order valence-electron chi connectivity index (χ4n) is 4.13. The molecule has 2 saturated heterocycles. The van der Waals surface area contributed by atoms with Crippen LogP contribution in [0.4, 0.5) is 0 Å². The molecule has 0 spiro atoms. The Morgan fingerprint density at radius 3 is 2.57 bits per heavy atom. The number of amides is 1. The lowest BCUT2D eigenvalue weighted by Crippen LogP contribution is -2.43. The van der Waals surface area contributed by atoms with Crippen LogP contribution < -0.4 is 5.32 Å². The van der Waals surface area contributed by atoms with Crippen molar-refractivity contribution in [2.75, 3.05) is 39.3 Å². The molecule has 2 fully saturated rings. The third-order valence-electron chi connectivity index (χ3n) is 5.63. The molecule has 2 aliphatic heterocycles. The monoisotopic (exact) mass is 323 g/mol. The van der Waals surface area contributed by atoms with E-state index in [0.717, 1.165) is 44.8 Å². The van der Waals surface area contributed by atoms with E-state index in [1.165, 1.54) is 38.9 Å². The van der Waals surface area contributed by atoms with Gasteiger partial charge < -0.3 is 15.1 Å². The van der Waals surface area contributed by atoms with Crippen LogP contribution in [0.3, 0.4) is 0 Å². The molecule has 134 valence electrons. The Hall–Kier alpha value is -0.610. The van der Waals surface area contributed by atoms with E-state index < -0.39 is 0 Å². The summed E-state index contributed by atoms with van der Waals surface area (Å²) < 4.78 is 0. The normalized spacial score (nSPS) is 25.0. The summed E-state index contributed by atoms with van der Waals surface area (Å²) in [6.07, 6.45) is 7.11. The molecule has 0 aromatic carbocycles. The molecule has 2 aliphatic rings. The number of rotatable bonds is 7. The molecule has 0 bridgehead atoms. The maximum Gasteiger partial charge on any atom is 0.223 e. The van der Waals surface area contributed by atoms with Crippen LogP contribution in [0.15, 0.2) is 0 Å². The molecule has 4 nitrogen and oxygen atoms in total. The van der Waals surface area contributed by atoms with Crippen LogP contribution in [0.1, 0.15) is 59.3 Å². The van der Waals surface area contributed by atoms with Gasteiger partial charge in [0.05, 0.1) is 0 Å². The first-order valence-corrected chi connectivity index (χ1v) is 9.84. The summed E-state index contributed by atoms with van der Waals surface area (Å²) in [5.41, 5.74) is 0. The van der Waals surface area contributed by atoms with E-state index in [-0.39, 0.29) is 5.92 Å². The molecule has 2 rings (SSSR count). The van der Waals surface area contributed by atoms with Crippen molar-refractivity contribution in [3.8, 4) is 0 Å². The molecule has 0 aliphatic carbocycles. The summed E-state index contributed by atoms with van der Waals surface area (Å²) in [6, 6.07) is 0.608. The second-order valence-corrected chi connectivity index (χ2v) is 7.79. The zero-order valence-corrected chi connectivity index (χ0v) is 15.5. The van der Waals surface area contributed by atoms with E-state index in [4.69, 9.17) is 0 Å². The maximum atomic E-state index is 12.3. The highest BCUT2D eigenvalue weighted by Gasteiger charge is 2.26. The fraction of sp³-hybridized carbons (Fsp3) is 0.947. The zero-order valence-electron chi connectivity index (χ0n) is 15.5. The van der Waals surface area contributed by atoms with Crippen molar-refractivity contribution in [1.82, 2.24) is 15.1 Å². The zero-order chi connectivity index (χ0) is 16.7. The second-order valence-electron chi connectivity index (χ2n) is 7.79. The number of carbonyl (C=O) groups excluding carboxylic acids is 1. The van der Waals surface area contributed by atoms with E-state index in [2.05, 4.69) is 35.9 Å². The van der Waals surface area contributed by atoms with Gasteiger partial charge in [0.1, 0.15) is 0 Å². The van der Waals surface area contributed by atoms with Crippen LogP contribution in [-0.2, 0) is 4.79 Å². The SMILES string of the molecule is CCCN1CCCC(CCNC(=O)C2CCN(C(C)C)CC2)C1. The van der Waals surface area contributed by atoms with Crippen LogP contribution in [-0.4, -0.2) is 61.0 Å². The van der Waals surface area contributed by atoms with Crippen molar-refractivity contribution in [1.29, 1.82) is 0 Å². The van der Waals surface area contributed by atoms with Crippen molar-refractivity contribution in [3.63, 3.8) is 0 Å². The minimum Gasteiger partial charge on any atom is -0.356 e. The third kappa shape index (κ3) is 6.07. The van der Waals surface area contributed by atoms with Crippen molar-refractivity contribution in [3.05, 3.63) is 0 Å². The van der Waals surface area contributed by atoms with Crippen LogP contribution in [0.25, 0.3) is 0 Å². The molecule has 1 unspecified atom stereocenters. The lowest BCUT2D eigenvalue weighted by Gasteiger charge is -2.34. The molecule has 4 heteroatoms. The van der Waals surface area contributed by atoms with Gasteiger partial charge >= 0.3 is 0 Å². The highest BCUT2D eigenvalue weighted by molar-refractivity contribution is 5.78. The minimum atomic E-state index is 0.243. The van der Waals surface area contributed by atoms with Crippen molar-refractivity contribution in [2.45, 2.75) is 65.3 Å². The Bertz CT molecular complexity index is 349. The summed E-state index contributed by atoms with van der Waals surface area (Å²) in [6.45, 7) is 13.5. The van der Waals surface area contributed by atoms with Crippen molar-refractivity contribution in [2.24, 2.45) is 11.8 Å².